The molecule has 0 amide bonds. The van der Waals surface area contributed by atoms with E-state index in [1.807, 2.05) is 6.92 Å². The van der Waals surface area contributed by atoms with Gasteiger partial charge >= 0.3 is 0 Å². The Hall–Kier alpha value is -2.50. The molecule has 0 heterocycles. The molecule has 6 heteroatoms. The first-order valence-electron chi connectivity index (χ1n) is 7.84. The van der Waals surface area contributed by atoms with E-state index in [4.69, 9.17) is 9.47 Å². The number of hydrogen-bond donors (Lipinski definition) is 0. The van der Waals surface area contributed by atoms with Crippen LogP contribution in [0.2, 0.25) is 0 Å². The van der Waals surface area contributed by atoms with E-state index in [2.05, 4.69) is 6.58 Å². The second-order valence-corrected chi connectivity index (χ2v) is 5.28. The van der Waals surface area contributed by atoms with Crippen LogP contribution in [-0.2, 0) is 0 Å². The fourth-order valence-electron chi connectivity index (χ4n) is 2.18. The number of hydrogen-bond acceptors (Lipinski definition) is 2. The lowest BCUT2D eigenvalue weighted by atomic mass is 10.0. The van der Waals surface area contributed by atoms with Crippen molar-refractivity contribution in [2.24, 2.45) is 0 Å². The van der Waals surface area contributed by atoms with Crippen molar-refractivity contribution in [2.45, 2.75) is 19.8 Å². The minimum Gasteiger partial charge on any atom is -0.490 e. The fourth-order valence-corrected chi connectivity index (χ4v) is 2.18. The Kier molecular flexibility index (Phi) is 6.44. The molecular formula is C19H18F4O2. The summed E-state index contributed by atoms with van der Waals surface area (Å²) < 4.78 is 66.8. The topological polar surface area (TPSA) is 18.5 Å². The van der Waals surface area contributed by atoms with Crippen LogP contribution in [0.25, 0.3) is 11.1 Å². The van der Waals surface area contributed by atoms with Crippen LogP contribution in [0.1, 0.15) is 19.8 Å². The number of ether oxygens (including phenoxy) is 2. The van der Waals surface area contributed by atoms with Gasteiger partial charge in [-0.2, -0.15) is 8.78 Å². The Balaban J connectivity index is 2.37. The summed E-state index contributed by atoms with van der Waals surface area (Å²) in [5, 5.41) is 0. The van der Waals surface area contributed by atoms with E-state index in [0.717, 1.165) is 24.6 Å². The van der Waals surface area contributed by atoms with Crippen LogP contribution in [0.3, 0.4) is 0 Å². The summed E-state index contributed by atoms with van der Waals surface area (Å²) in [6.07, 6.45) is 2.90. The molecule has 0 aromatic heterocycles. The van der Waals surface area contributed by atoms with E-state index in [1.165, 1.54) is 12.1 Å². The molecular weight excluding hydrogens is 336 g/mol. The van der Waals surface area contributed by atoms with Crippen molar-refractivity contribution in [1.82, 2.24) is 0 Å². The molecule has 25 heavy (non-hydrogen) atoms. The van der Waals surface area contributed by atoms with Crippen molar-refractivity contribution in [2.75, 3.05) is 13.2 Å². The molecule has 0 bridgehead atoms. The molecule has 0 spiro atoms. The average molecular weight is 354 g/mol. The second kappa shape index (κ2) is 8.55. The highest BCUT2D eigenvalue weighted by atomic mass is 19.2. The molecule has 0 aliphatic carbocycles. The summed E-state index contributed by atoms with van der Waals surface area (Å²) in [4.78, 5) is 0. The minimum absolute atomic E-state index is 0.0114. The SMILES string of the molecule is C=CCOc1ccc(-c2ccc(OCCCC)c(F)c2F)c(F)c1F. The van der Waals surface area contributed by atoms with Crippen molar-refractivity contribution >= 4 is 0 Å². The van der Waals surface area contributed by atoms with E-state index in [1.54, 1.807) is 0 Å². The predicted octanol–water partition coefficient (Wildman–Crippen LogP) is 5.65. The Morgan fingerprint density at radius 1 is 0.840 bits per heavy atom. The first-order chi connectivity index (χ1) is 12.0. The van der Waals surface area contributed by atoms with Gasteiger partial charge in [-0.3, -0.25) is 0 Å². The zero-order valence-electron chi connectivity index (χ0n) is 13.8. The first-order valence-corrected chi connectivity index (χ1v) is 7.84. The second-order valence-electron chi connectivity index (χ2n) is 5.28. The molecule has 0 aliphatic rings. The van der Waals surface area contributed by atoms with E-state index in [9.17, 15) is 17.6 Å². The molecule has 2 aromatic rings. The molecule has 0 fully saturated rings. The van der Waals surface area contributed by atoms with Crippen LogP contribution in [0.15, 0.2) is 36.9 Å². The highest BCUT2D eigenvalue weighted by molar-refractivity contribution is 5.67. The molecule has 0 atom stereocenters. The molecule has 134 valence electrons. The lowest BCUT2D eigenvalue weighted by Crippen LogP contribution is -2.03. The smallest absolute Gasteiger partial charge is 0.201 e. The molecule has 2 aromatic carbocycles. The predicted molar refractivity (Wildman–Crippen MR) is 87.8 cm³/mol. The zero-order chi connectivity index (χ0) is 18.4. The molecule has 0 saturated heterocycles. The number of unbranched alkanes of at least 4 members (excludes halogenated alkanes) is 1. The largest absolute Gasteiger partial charge is 0.490 e. The summed E-state index contributed by atoms with van der Waals surface area (Å²) in [5.41, 5.74) is -0.799. The molecule has 0 N–H and O–H groups in total. The van der Waals surface area contributed by atoms with Gasteiger partial charge in [0.25, 0.3) is 0 Å². The van der Waals surface area contributed by atoms with Crippen molar-refractivity contribution in [1.29, 1.82) is 0 Å². The monoisotopic (exact) mass is 354 g/mol. The molecule has 2 nitrogen and oxygen atoms in total. The van der Waals surface area contributed by atoms with Crippen molar-refractivity contribution in [3.63, 3.8) is 0 Å². The molecule has 0 aliphatic heterocycles. The molecule has 0 radical (unpaired) electrons. The van der Waals surface area contributed by atoms with Gasteiger partial charge in [-0.15, -0.1) is 0 Å². The highest BCUT2D eigenvalue weighted by Crippen LogP contribution is 2.34. The third kappa shape index (κ3) is 4.13. The molecule has 0 saturated carbocycles. The van der Waals surface area contributed by atoms with Gasteiger partial charge < -0.3 is 9.47 Å². The minimum atomic E-state index is -1.32. The Morgan fingerprint density at radius 2 is 1.36 bits per heavy atom. The van der Waals surface area contributed by atoms with Gasteiger partial charge in [0.05, 0.1) is 6.61 Å². The fraction of sp³-hybridized carbons (Fsp3) is 0.263. The van der Waals surface area contributed by atoms with E-state index < -0.39 is 34.4 Å². The van der Waals surface area contributed by atoms with E-state index in [-0.39, 0.29) is 24.7 Å². The van der Waals surface area contributed by atoms with Gasteiger partial charge in [0.15, 0.2) is 23.1 Å². The van der Waals surface area contributed by atoms with Gasteiger partial charge in [-0.1, -0.05) is 26.0 Å². The maximum absolute atomic E-state index is 14.3. The third-order valence-corrected chi connectivity index (χ3v) is 3.50. The van der Waals surface area contributed by atoms with Gasteiger partial charge in [0.2, 0.25) is 11.6 Å². The third-order valence-electron chi connectivity index (χ3n) is 3.50. The quantitative estimate of drug-likeness (QED) is 0.346. The molecule has 2 rings (SSSR count). The Labute approximate surface area is 143 Å². The van der Waals surface area contributed by atoms with Gasteiger partial charge in [0, 0.05) is 11.1 Å². The van der Waals surface area contributed by atoms with Gasteiger partial charge in [-0.25, -0.2) is 8.78 Å². The Morgan fingerprint density at radius 3 is 1.84 bits per heavy atom. The lowest BCUT2D eigenvalue weighted by molar-refractivity contribution is 0.289. The van der Waals surface area contributed by atoms with Crippen molar-refractivity contribution in [3.8, 4) is 22.6 Å². The zero-order valence-corrected chi connectivity index (χ0v) is 13.8. The van der Waals surface area contributed by atoms with Gasteiger partial charge in [-0.05, 0) is 30.7 Å². The van der Waals surface area contributed by atoms with Crippen LogP contribution >= 0.6 is 0 Å². The summed E-state index contributed by atoms with van der Waals surface area (Å²) in [5.74, 6) is -5.72. The maximum Gasteiger partial charge on any atom is 0.201 e. The summed E-state index contributed by atoms with van der Waals surface area (Å²) in [6.45, 7) is 5.57. The lowest BCUT2D eigenvalue weighted by Gasteiger charge is -2.12. The molecule has 0 unspecified atom stereocenters. The van der Waals surface area contributed by atoms with Crippen LogP contribution in [0.5, 0.6) is 11.5 Å². The Bertz CT molecular complexity index is 760. The van der Waals surface area contributed by atoms with E-state index in [0.29, 0.717) is 6.42 Å². The van der Waals surface area contributed by atoms with Crippen LogP contribution in [0.4, 0.5) is 17.6 Å². The summed E-state index contributed by atoms with van der Waals surface area (Å²) in [6, 6.07) is 4.64. The summed E-state index contributed by atoms with van der Waals surface area (Å²) >= 11 is 0. The number of rotatable bonds is 8. The van der Waals surface area contributed by atoms with Crippen LogP contribution in [-0.4, -0.2) is 13.2 Å². The highest BCUT2D eigenvalue weighted by Gasteiger charge is 2.21. The maximum atomic E-state index is 14.3. The first kappa shape index (κ1) is 18.8. The van der Waals surface area contributed by atoms with Crippen molar-refractivity contribution < 1.29 is 27.0 Å². The van der Waals surface area contributed by atoms with Crippen molar-refractivity contribution in [3.05, 3.63) is 60.2 Å². The summed E-state index contributed by atoms with van der Waals surface area (Å²) in [7, 11) is 0. The standard InChI is InChI=1S/C19H18F4O2/c1-3-5-11-25-15-9-7-13(17(21)19(15)23)12-6-8-14(24-10-4-2)18(22)16(12)20/h4,6-9H,2-3,5,10-11H2,1H3. The normalized spacial score (nSPS) is 10.6. The van der Waals surface area contributed by atoms with E-state index >= 15 is 0 Å². The average Bonchev–Trinajstić information content (AvgIpc) is 2.61. The van der Waals surface area contributed by atoms with Crippen LogP contribution in [0, 0.1) is 23.3 Å². The number of halogens is 4. The van der Waals surface area contributed by atoms with Gasteiger partial charge in [0.1, 0.15) is 6.61 Å². The van der Waals surface area contributed by atoms with Crippen LogP contribution < -0.4 is 9.47 Å². The number of benzene rings is 2.